The summed E-state index contributed by atoms with van der Waals surface area (Å²) in [6, 6.07) is 12.2. The molecule has 5 heteroatoms. The van der Waals surface area contributed by atoms with Crippen molar-refractivity contribution in [3.05, 3.63) is 53.7 Å². The lowest BCUT2D eigenvalue weighted by Gasteiger charge is -2.21. The van der Waals surface area contributed by atoms with Crippen LogP contribution in [0.5, 0.6) is 0 Å². The number of urea groups is 1. The molecule has 5 nitrogen and oxygen atoms in total. The van der Waals surface area contributed by atoms with Crippen molar-refractivity contribution in [3.63, 3.8) is 0 Å². The monoisotopic (exact) mass is 296 g/mol. The van der Waals surface area contributed by atoms with Crippen molar-refractivity contribution in [2.75, 3.05) is 11.9 Å². The van der Waals surface area contributed by atoms with Crippen molar-refractivity contribution >= 4 is 11.8 Å². The van der Waals surface area contributed by atoms with E-state index in [2.05, 4.69) is 53.6 Å². The Morgan fingerprint density at radius 3 is 2.73 bits per heavy atom. The van der Waals surface area contributed by atoms with E-state index in [1.54, 1.807) is 18.3 Å². The molecular formula is C17H20N4O. The van der Waals surface area contributed by atoms with E-state index in [-0.39, 0.29) is 12.1 Å². The quantitative estimate of drug-likeness (QED) is 0.926. The number of rotatable bonds is 2. The van der Waals surface area contributed by atoms with E-state index in [4.69, 9.17) is 0 Å². The summed E-state index contributed by atoms with van der Waals surface area (Å²) in [7, 11) is 0. The molecule has 1 saturated heterocycles. The molecular weight excluding hydrogens is 276 g/mol. The molecule has 0 radical (unpaired) electrons. The Labute approximate surface area is 130 Å². The molecule has 1 aliphatic rings. The number of hydrogen-bond donors (Lipinski definition) is 1. The summed E-state index contributed by atoms with van der Waals surface area (Å²) in [6.45, 7) is 4.91. The average molecular weight is 296 g/mol. The Balaban J connectivity index is 1.68. The smallest absolute Gasteiger partial charge is 0.321 e. The summed E-state index contributed by atoms with van der Waals surface area (Å²) in [5, 5.41) is 10.5. The van der Waals surface area contributed by atoms with Gasteiger partial charge >= 0.3 is 6.03 Å². The van der Waals surface area contributed by atoms with Gasteiger partial charge in [-0.2, -0.15) is 5.10 Å². The standard InChI is InChI=1S/C17H20N4O/c1-12-5-7-14(8-6-12)15-10-13(2)21(11-15)17(22)19-16-4-3-9-18-20-16/h3-9,13,15H,10-11H2,1-2H3,(H,19,20,22)/t13-,15+/m0/s1. The first-order valence-electron chi connectivity index (χ1n) is 7.55. The topological polar surface area (TPSA) is 58.1 Å². The highest BCUT2D eigenvalue weighted by atomic mass is 16.2. The Hall–Kier alpha value is -2.43. The molecule has 1 N–H and O–H groups in total. The van der Waals surface area contributed by atoms with Gasteiger partial charge in [0.1, 0.15) is 0 Å². The zero-order valence-electron chi connectivity index (χ0n) is 12.9. The molecule has 2 heterocycles. The second-order valence-electron chi connectivity index (χ2n) is 5.88. The van der Waals surface area contributed by atoms with Gasteiger partial charge in [0.2, 0.25) is 0 Å². The van der Waals surface area contributed by atoms with E-state index >= 15 is 0 Å². The fraction of sp³-hybridized carbons (Fsp3) is 0.353. The zero-order valence-corrected chi connectivity index (χ0v) is 12.9. The number of anilines is 1. The Morgan fingerprint density at radius 2 is 2.05 bits per heavy atom. The van der Waals surface area contributed by atoms with Crippen LogP contribution in [0.2, 0.25) is 0 Å². The van der Waals surface area contributed by atoms with Crippen LogP contribution >= 0.6 is 0 Å². The molecule has 1 aromatic heterocycles. The molecule has 2 atom stereocenters. The number of aromatic nitrogens is 2. The fourth-order valence-corrected chi connectivity index (χ4v) is 2.94. The number of hydrogen-bond acceptors (Lipinski definition) is 3. The Morgan fingerprint density at radius 1 is 1.27 bits per heavy atom. The first kappa shape index (κ1) is 14.5. The first-order valence-corrected chi connectivity index (χ1v) is 7.55. The van der Waals surface area contributed by atoms with Gasteiger partial charge in [-0.15, -0.1) is 5.10 Å². The molecule has 0 bridgehead atoms. The van der Waals surface area contributed by atoms with Crippen molar-refractivity contribution in [1.82, 2.24) is 15.1 Å². The van der Waals surface area contributed by atoms with Gasteiger partial charge in [0.15, 0.2) is 5.82 Å². The summed E-state index contributed by atoms with van der Waals surface area (Å²) in [5.41, 5.74) is 2.55. The third-order valence-corrected chi connectivity index (χ3v) is 4.19. The number of nitrogens with zero attached hydrogens (tertiary/aromatic N) is 3. The van der Waals surface area contributed by atoms with Gasteiger partial charge in [-0.1, -0.05) is 29.8 Å². The summed E-state index contributed by atoms with van der Waals surface area (Å²) in [4.78, 5) is 14.3. The summed E-state index contributed by atoms with van der Waals surface area (Å²) in [6.07, 6.45) is 2.57. The third kappa shape index (κ3) is 3.08. The van der Waals surface area contributed by atoms with Gasteiger partial charge in [-0.25, -0.2) is 4.79 Å². The molecule has 0 saturated carbocycles. The number of nitrogens with one attached hydrogen (secondary N) is 1. The van der Waals surface area contributed by atoms with Crippen LogP contribution in [0, 0.1) is 6.92 Å². The SMILES string of the molecule is Cc1ccc([C@@H]2C[C@H](C)N(C(=O)Nc3cccnn3)C2)cc1. The van der Waals surface area contributed by atoms with Crippen LogP contribution in [0.3, 0.4) is 0 Å². The highest BCUT2D eigenvalue weighted by Crippen LogP contribution is 2.32. The van der Waals surface area contributed by atoms with Crippen molar-refractivity contribution in [1.29, 1.82) is 0 Å². The minimum atomic E-state index is -0.109. The van der Waals surface area contributed by atoms with Gasteiger partial charge in [-0.3, -0.25) is 5.32 Å². The summed E-state index contributed by atoms with van der Waals surface area (Å²) >= 11 is 0. The second-order valence-corrected chi connectivity index (χ2v) is 5.88. The molecule has 1 aliphatic heterocycles. The van der Waals surface area contributed by atoms with E-state index in [1.165, 1.54) is 11.1 Å². The van der Waals surface area contributed by atoms with Crippen LogP contribution in [-0.4, -0.2) is 33.7 Å². The molecule has 2 amide bonds. The minimum Gasteiger partial charge on any atom is -0.321 e. The highest BCUT2D eigenvalue weighted by molar-refractivity contribution is 5.88. The number of carbonyl (C=O) groups excluding carboxylic acids is 1. The molecule has 0 aliphatic carbocycles. The Bertz CT molecular complexity index is 641. The normalized spacial score (nSPS) is 20.9. The minimum absolute atomic E-state index is 0.109. The van der Waals surface area contributed by atoms with Gasteiger partial charge in [0.05, 0.1) is 0 Å². The van der Waals surface area contributed by atoms with E-state index < -0.39 is 0 Å². The lowest BCUT2D eigenvalue weighted by molar-refractivity contribution is 0.209. The first-order chi connectivity index (χ1) is 10.6. The Kier molecular flexibility index (Phi) is 4.04. The van der Waals surface area contributed by atoms with Crippen molar-refractivity contribution < 1.29 is 4.79 Å². The molecule has 1 fully saturated rings. The summed E-state index contributed by atoms with van der Waals surface area (Å²) in [5.74, 6) is 0.877. The molecule has 3 rings (SSSR count). The van der Waals surface area contributed by atoms with Crippen LogP contribution in [0.25, 0.3) is 0 Å². The van der Waals surface area contributed by atoms with Crippen LogP contribution in [-0.2, 0) is 0 Å². The predicted molar refractivity (Wildman–Crippen MR) is 85.8 cm³/mol. The number of likely N-dealkylation sites (tertiary alicyclic amines) is 1. The number of benzene rings is 1. The molecule has 22 heavy (non-hydrogen) atoms. The van der Waals surface area contributed by atoms with Crippen molar-refractivity contribution in [3.8, 4) is 0 Å². The van der Waals surface area contributed by atoms with Crippen LogP contribution in [0.1, 0.15) is 30.4 Å². The maximum atomic E-state index is 12.4. The third-order valence-electron chi connectivity index (χ3n) is 4.19. The van der Waals surface area contributed by atoms with E-state index in [1.807, 2.05) is 4.90 Å². The zero-order chi connectivity index (χ0) is 15.5. The maximum absolute atomic E-state index is 12.4. The number of amides is 2. The fourth-order valence-electron chi connectivity index (χ4n) is 2.94. The molecule has 1 aromatic carbocycles. The molecule has 0 unspecified atom stereocenters. The van der Waals surface area contributed by atoms with Crippen molar-refractivity contribution in [2.45, 2.75) is 32.2 Å². The average Bonchev–Trinajstić information content (AvgIpc) is 2.91. The van der Waals surface area contributed by atoms with Crippen LogP contribution in [0.15, 0.2) is 42.6 Å². The maximum Gasteiger partial charge on any atom is 0.323 e. The summed E-state index contributed by atoms with van der Waals surface area (Å²) < 4.78 is 0. The van der Waals surface area contributed by atoms with Gasteiger partial charge < -0.3 is 4.90 Å². The highest BCUT2D eigenvalue weighted by Gasteiger charge is 2.33. The second kappa shape index (κ2) is 6.13. The van der Waals surface area contributed by atoms with E-state index in [0.717, 1.165) is 13.0 Å². The van der Waals surface area contributed by atoms with Gasteiger partial charge in [-0.05, 0) is 38.0 Å². The molecule has 0 spiro atoms. The van der Waals surface area contributed by atoms with Crippen molar-refractivity contribution in [2.24, 2.45) is 0 Å². The number of aryl methyl sites for hydroxylation is 1. The largest absolute Gasteiger partial charge is 0.323 e. The lowest BCUT2D eigenvalue weighted by Crippen LogP contribution is -2.37. The van der Waals surface area contributed by atoms with Crippen LogP contribution in [0.4, 0.5) is 10.6 Å². The lowest BCUT2D eigenvalue weighted by atomic mass is 9.96. The molecule has 2 aromatic rings. The van der Waals surface area contributed by atoms with Crippen LogP contribution < -0.4 is 5.32 Å². The van der Waals surface area contributed by atoms with E-state index in [9.17, 15) is 4.79 Å². The van der Waals surface area contributed by atoms with Gasteiger partial charge in [0, 0.05) is 24.7 Å². The van der Waals surface area contributed by atoms with E-state index in [0.29, 0.717) is 11.7 Å². The molecule has 114 valence electrons. The predicted octanol–water partition coefficient (Wildman–Crippen LogP) is 3.19. The number of carbonyl (C=O) groups is 1. The van der Waals surface area contributed by atoms with Gasteiger partial charge in [0.25, 0.3) is 0 Å².